The van der Waals surface area contributed by atoms with Gasteiger partial charge < -0.3 is 14.7 Å². The summed E-state index contributed by atoms with van der Waals surface area (Å²) in [6.07, 6.45) is 0. The molecule has 0 aliphatic rings. The first kappa shape index (κ1) is 10.8. The van der Waals surface area contributed by atoms with E-state index in [-0.39, 0.29) is 17.4 Å². The monoisotopic (exact) mass is 260 g/mol. The van der Waals surface area contributed by atoms with Gasteiger partial charge in [0.1, 0.15) is 11.5 Å². The van der Waals surface area contributed by atoms with Gasteiger partial charge in [-0.25, -0.2) is 0 Å². The van der Waals surface area contributed by atoms with Crippen molar-refractivity contribution >= 4 is 11.3 Å². The molecule has 0 amide bonds. The van der Waals surface area contributed by atoms with Crippen LogP contribution in [0.3, 0.4) is 0 Å². The molecule has 0 bridgehead atoms. The van der Waals surface area contributed by atoms with Crippen molar-refractivity contribution in [3.63, 3.8) is 0 Å². The topological polar surface area (TPSA) is 79.4 Å². The first-order chi connectivity index (χ1) is 8.72. The van der Waals surface area contributed by atoms with Crippen LogP contribution in [0.15, 0.2) is 40.2 Å². The second-order valence-corrected chi connectivity index (χ2v) is 4.59. The zero-order valence-electron chi connectivity index (χ0n) is 9.07. The fourth-order valence-corrected chi connectivity index (χ4v) is 2.21. The molecule has 2 heterocycles. The van der Waals surface area contributed by atoms with E-state index in [0.717, 1.165) is 4.88 Å². The second-order valence-electron chi connectivity index (χ2n) is 3.64. The molecule has 0 aliphatic heterocycles. The molecule has 0 unspecified atom stereocenters. The number of phenolic OH excluding ortho intramolecular Hbond substituents is 2. The molecule has 18 heavy (non-hydrogen) atoms. The van der Waals surface area contributed by atoms with Crippen molar-refractivity contribution in [1.82, 2.24) is 10.1 Å². The van der Waals surface area contributed by atoms with E-state index in [1.54, 1.807) is 0 Å². The average Bonchev–Trinajstić information content (AvgIpc) is 2.99. The predicted molar refractivity (Wildman–Crippen MR) is 66.4 cm³/mol. The molecule has 3 aromatic rings. The van der Waals surface area contributed by atoms with Gasteiger partial charge in [0.15, 0.2) is 0 Å². The molecular formula is C12H8N2O3S. The van der Waals surface area contributed by atoms with Crippen molar-refractivity contribution in [3.05, 3.63) is 35.7 Å². The van der Waals surface area contributed by atoms with Gasteiger partial charge in [0, 0.05) is 11.6 Å². The van der Waals surface area contributed by atoms with Crippen LogP contribution >= 0.6 is 11.3 Å². The summed E-state index contributed by atoms with van der Waals surface area (Å²) in [5, 5.41) is 24.6. The zero-order chi connectivity index (χ0) is 12.5. The Balaban J connectivity index is 2.03. The lowest BCUT2D eigenvalue weighted by Crippen LogP contribution is -1.79. The van der Waals surface area contributed by atoms with Crippen LogP contribution in [0.4, 0.5) is 0 Å². The van der Waals surface area contributed by atoms with Gasteiger partial charge in [-0.1, -0.05) is 11.2 Å². The minimum absolute atomic E-state index is 0.0547. The molecule has 0 atom stereocenters. The lowest BCUT2D eigenvalue weighted by molar-refractivity contribution is 0.429. The van der Waals surface area contributed by atoms with Gasteiger partial charge in [0.2, 0.25) is 5.82 Å². The Morgan fingerprint density at radius 2 is 1.89 bits per heavy atom. The fourth-order valence-electron chi connectivity index (χ4n) is 1.57. The quantitative estimate of drug-likeness (QED) is 0.740. The molecule has 0 aliphatic carbocycles. The minimum atomic E-state index is -0.0547. The molecule has 2 N–H and O–H groups in total. The summed E-state index contributed by atoms with van der Waals surface area (Å²) >= 11 is 1.51. The highest BCUT2D eigenvalue weighted by Crippen LogP contribution is 2.29. The van der Waals surface area contributed by atoms with E-state index in [4.69, 9.17) is 4.52 Å². The first-order valence-electron chi connectivity index (χ1n) is 5.13. The Bertz CT molecular complexity index is 656. The summed E-state index contributed by atoms with van der Waals surface area (Å²) in [4.78, 5) is 5.11. The lowest BCUT2D eigenvalue weighted by atomic mass is 10.2. The van der Waals surface area contributed by atoms with E-state index < -0.39 is 0 Å². The van der Waals surface area contributed by atoms with Crippen LogP contribution in [0.25, 0.3) is 22.2 Å². The highest BCUT2D eigenvalue weighted by molar-refractivity contribution is 7.13. The summed E-state index contributed by atoms with van der Waals surface area (Å²) in [6.45, 7) is 0. The molecule has 90 valence electrons. The number of aromatic hydroxyl groups is 2. The van der Waals surface area contributed by atoms with Gasteiger partial charge in [0.25, 0.3) is 5.89 Å². The van der Waals surface area contributed by atoms with E-state index in [0.29, 0.717) is 11.4 Å². The Morgan fingerprint density at radius 3 is 2.56 bits per heavy atom. The van der Waals surface area contributed by atoms with Crippen LogP contribution in [0.5, 0.6) is 11.5 Å². The van der Waals surface area contributed by atoms with Gasteiger partial charge >= 0.3 is 0 Å². The van der Waals surface area contributed by atoms with Crippen molar-refractivity contribution in [2.24, 2.45) is 0 Å². The largest absolute Gasteiger partial charge is 0.508 e. The Hall–Kier alpha value is -2.34. The van der Waals surface area contributed by atoms with Crippen LogP contribution in [0.1, 0.15) is 0 Å². The van der Waals surface area contributed by atoms with E-state index in [1.165, 1.54) is 29.5 Å². The average molecular weight is 260 g/mol. The molecule has 5 nitrogen and oxygen atoms in total. The summed E-state index contributed by atoms with van der Waals surface area (Å²) in [5.74, 6) is 0.633. The number of thiophene rings is 1. The predicted octanol–water partition coefficient (Wildman–Crippen LogP) is 2.88. The van der Waals surface area contributed by atoms with Gasteiger partial charge in [0.05, 0.1) is 4.88 Å². The summed E-state index contributed by atoms with van der Waals surface area (Å²) in [5.41, 5.74) is 0.475. The molecule has 6 heteroatoms. The SMILES string of the molecule is Oc1cc(O)cc(-c2nc(-c3cccs3)no2)c1. The molecule has 0 fully saturated rings. The number of nitrogens with zero attached hydrogens (tertiary/aromatic N) is 2. The van der Waals surface area contributed by atoms with Crippen molar-refractivity contribution in [2.45, 2.75) is 0 Å². The van der Waals surface area contributed by atoms with Crippen molar-refractivity contribution < 1.29 is 14.7 Å². The molecule has 3 rings (SSSR count). The normalized spacial score (nSPS) is 10.7. The van der Waals surface area contributed by atoms with Crippen LogP contribution in [-0.2, 0) is 0 Å². The Morgan fingerprint density at radius 1 is 1.11 bits per heavy atom. The molecule has 0 saturated heterocycles. The van der Waals surface area contributed by atoms with Crippen LogP contribution in [0.2, 0.25) is 0 Å². The van der Waals surface area contributed by atoms with Crippen molar-refractivity contribution in [2.75, 3.05) is 0 Å². The Kier molecular flexibility index (Phi) is 2.49. The molecule has 0 radical (unpaired) electrons. The molecule has 0 saturated carbocycles. The highest BCUT2D eigenvalue weighted by Gasteiger charge is 2.12. The highest BCUT2D eigenvalue weighted by atomic mass is 32.1. The second kappa shape index (κ2) is 4.15. The molecule has 0 spiro atoms. The standard InChI is InChI=1S/C12H8N2O3S/c15-8-4-7(5-9(16)6-8)12-13-11(14-17-12)10-2-1-3-18-10/h1-6,15-16H. The number of hydrogen-bond acceptors (Lipinski definition) is 6. The maximum Gasteiger partial charge on any atom is 0.258 e. The third-order valence-corrected chi connectivity index (χ3v) is 3.18. The summed E-state index contributed by atoms with van der Waals surface area (Å²) < 4.78 is 5.11. The van der Waals surface area contributed by atoms with Gasteiger partial charge in [-0.2, -0.15) is 4.98 Å². The summed E-state index contributed by atoms with van der Waals surface area (Å²) in [6, 6.07) is 7.92. The number of rotatable bonds is 2. The van der Waals surface area contributed by atoms with Gasteiger partial charge in [-0.3, -0.25) is 0 Å². The number of benzene rings is 1. The fraction of sp³-hybridized carbons (Fsp3) is 0. The summed E-state index contributed by atoms with van der Waals surface area (Å²) in [7, 11) is 0. The van der Waals surface area contributed by atoms with E-state index in [9.17, 15) is 10.2 Å². The lowest BCUT2D eigenvalue weighted by Gasteiger charge is -1.97. The maximum atomic E-state index is 9.40. The van der Waals surface area contributed by atoms with Crippen LogP contribution in [-0.4, -0.2) is 20.4 Å². The molecule has 1 aromatic carbocycles. The van der Waals surface area contributed by atoms with Crippen molar-refractivity contribution in [1.29, 1.82) is 0 Å². The van der Waals surface area contributed by atoms with Crippen LogP contribution < -0.4 is 0 Å². The number of phenols is 2. The van der Waals surface area contributed by atoms with Gasteiger partial charge in [-0.05, 0) is 23.6 Å². The van der Waals surface area contributed by atoms with E-state index in [1.807, 2.05) is 17.5 Å². The minimum Gasteiger partial charge on any atom is -0.508 e. The van der Waals surface area contributed by atoms with Crippen LogP contribution in [0, 0.1) is 0 Å². The Labute approximate surface area is 106 Å². The number of hydrogen-bond donors (Lipinski definition) is 2. The third kappa shape index (κ3) is 1.93. The molecular weight excluding hydrogens is 252 g/mol. The zero-order valence-corrected chi connectivity index (χ0v) is 9.89. The maximum absolute atomic E-state index is 9.40. The third-order valence-electron chi connectivity index (χ3n) is 2.32. The first-order valence-corrected chi connectivity index (χ1v) is 6.01. The van der Waals surface area contributed by atoms with Crippen molar-refractivity contribution in [3.8, 4) is 33.7 Å². The van der Waals surface area contributed by atoms with E-state index >= 15 is 0 Å². The number of aromatic nitrogens is 2. The van der Waals surface area contributed by atoms with E-state index in [2.05, 4.69) is 10.1 Å². The smallest absolute Gasteiger partial charge is 0.258 e. The van der Waals surface area contributed by atoms with Gasteiger partial charge in [-0.15, -0.1) is 11.3 Å². The molecule has 2 aromatic heterocycles.